The predicted molar refractivity (Wildman–Crippen MR) is 117 cm³/mol. The van der Waals surface area contributed by atoms with Crippen molar-refractivity contribution in [3.05, 3.63) is 75.5 Å². The molecule has 2 aromatic rings. The van der Waals surface area contributed by atoms with Crippen LogP contribution >= 0.6 is 15.9 Å². The molecule has 0 radical (unpaired) electrons. The van der Waals surface area contributed by atoms with Crippen LogP contribution in [-0.4, -0.2) is 52.8 Å². The van der Waals surface area contributed by atoms with E-state index >= 15 is 0 Å². The van der Waals surface area contributed by atoms with Gasteiger partial charge in [0.25, 0.3) is 11.7 Å². The normalized spacial score (nSPS) is 18.4. The monoisotopic (exact) mass is 474 g/mol. The van der Waals surface area contributed by atoms with Gasteiger partial charge in [0.1, 0.15) is 11.6 Å². The Balaban J connectivity index is 2.09. The van der Waals surface area contributed by atoms with Gasteiger partial charge in [-0.15, -0.1) is 0 Å². The summed E-state index contributed by atoms with van der Waals surface area (Å²) in [5.74, 6) is -2.13. The number of nitrogens with zero attached hydrogens (tertiary/aromatic N) is 2. The Morgan fingerprint density at radius 3 is 2.40 bits per heavy atom. The van der Waals surface area contributed by atoms with Gasteiger partial charge in [-0.3, -0.25) is 9.59 Å². The summed E-state index contributed by atoms with van der Waals surface area (Å²) in [4.78, 5) is 29.5. The van der Waals surface area contributed by atoms with E-state index in [0.29, 0.717) is 18.7 Å². The number of carbonyl (C=O) groups excluding carboxylic acids is 2. The Morgan fingerprint density at radius 1 is 1.13 bits per heavy atom. The Bertz CT molecular complexity index is 971. The lowest BCUT2D eigenvalue weighted by Crippen LogP contribution is -2.38. The summed E-state index contributed by atoms with van der Waals surface area (Å²) in [5, 5.41) is 10.9. The standard InChI is InChI=1S/C23H24BrFN2O3/c1-3-26(4-2)12-13-27-20(16-6-5-7-17(24)14-16)19(22(29)23(27)30)21(28)15-8-10-18(25)11-9-15/h5-11,14,20,28H,3-4,12-13H2,1-2H3/b21-19+. The first-order chi connectivity index (χ1) is 14.4. The van der Waals surface area contributed by atoms with Crippen LogP contribution in [0, 0.1) is 5.82 Å². The van der Waals surface area contributed by atoms with Crippen molar-refractivity contribution in [1.29, 1.82) is 0 Å². The smallest absolute Gasteiger partial charge is 0.295 e. The maximum Gasteiger partial charge on any atom is 0.295 e. The number of Topliss-reactive ketones (excluding diaryl/α,β-unsaturated/α-hetero) is 1. The van der Waals surface area contributed by atoms with Crippen molar-refractivity contribution < 1.29 is 19.1 Å². The van der Waals surface area contributed by atoms with Gasteiger partial charge in [0, 0.05) is 23.1 Å². The van der Waals surface area contributed by atoms with Gasteiger partial charge in [-0.2, -0.15) is 0 Å². The largest absolute Gasteiger partial charge is 0.507 e. The molecular weight excluding hydrogens is 451 g/mol. The third-order valence-electron chi connectivity index (χ3n) is 5.37. The van der Waals surface area contributed by atoms with Gasteiger partial charge in [0.2, 0.25) is 0 Å². The third kappa shape index (κ3) is 4.47. The number of benzene rings is 2. The lowest BCUT2D eigenvalue weighted by molar-refractivity contribution is -0.140. The zero-order valence-corrected chi connectivity index (χ0v) is 18.5. The average molecular weight is 475 g/mol. The van der Waals surface area contributed by atoms with Crippen LogP contribution in [0.5, 0.6) is 0 Å². The van der Waals surface area contributed by atoms with Crippen molar-refractivity contribution >= 4 is 33.4 Å². The molecule has 7 heteroatoms. The van der Waals surface area contributed by atoms with Gasteiger partial charge in [-0.1, -0.05) is 41.9 Å². The molecule has 1 saturated heterocycles. The molecule has 1 N–H and O–H groups in total. The zero-order chi connectivity index (χ0) is 21.8. The molecule has 0 aromatic heterocycles. The van der Waals surface area contributed by atoms with E-state index in [2.05, 4.69) is 20.8 Å². The Labute approximate surface area is 183 Å². The van der Waals surface area contributed by atoms with Crippen LogP contribution in [0.15, 0.2) is 58.6 Å². The fourth-order valence-electron chi connectivity index (χ4n) is 3.69. The lowest BCUT2D eigenvalue weighted by Gasteiger charge is -2.28. The number of hydrogen-bond donors (Lipinski definition) is 1. The van der Waals surface area contributed by atoms with E-state index in [4.69, 9.17) is 0 Å². The molecule has 30 heavy (non-hydrogen) atoms. The molecule has 5 nitrogen and oxygen atoms in total. The number of amides is 1. The van der Waals surface area contributed by atoms with Gasteiger partial charge in [-0.25, -0.2) is 4.39 Å². The van der Waals surface area contributed by atoms with Crippen LogP contribution < -0.4 is 0 Å². The SMILES string of the molecule is CCN(CC)CCN1C(=O)C(=O)/C(=C(/O)c2ccc(F)cc2)C1c1cccc(Br)c1. The summed E-state index contributed by atoms with van der Waals surface area (Å²) in [6, 6.07) is 11.8. The second-order valence-corrected chi connectivity index (χ2v) is 8.00. The second kappa shape index (κ2) is 9.53. The van der Waals surface area contributed by atoms with E-state index in [1.807, 2.05) is 38.1 Å². The van der Waals surface area contributed by atoms with Crippen LogP contribution in [0.25, 0.3) is 5.76 Å². The first-order valence-electron chi connectivity index (χ1n) is 9.89. The fraction of sp³-hybridized carbons (Fsp3) is 0.304. The van der Waals surface area contributed by atoms with Gasteiger partial charge in [-0.05, 0) is 55.1 Å². The average Bonchev–Trinajstić information content (AvgIpc) is 2.99. The zero-order valence-electron chi connectivity index (χ0n) is 16.9. The highest BCUT2D eigenvalue weighted by Crippen LogP contribution is 2.39. The molecule has 1 unspecified atom stereocenters. The summed E-state index contributed by atoms with van der Waals surface area (Å²) >= 11 is 3.44. The first kappa shape index (κ1) is 22.2. The summed E-state index contributed by atoms with van der Waals surface area (Å²) in [7, 11) is 0. The molecule has 1 aliphatic rings. The number of ketones is 1. The number of aliphatic hydroxyl groups excluding tert-OH is 1. The first-order valence-corrected chi connectivity index (χ1v) is 10.7. The summed E-state index contributed by atoms with van der Waals surface area (Å²) in [6.45, 7) is 6.70. The van der Waals surface area contributed by atoms with E-state index < -0.39 is 23.5 Å². The van der Waals surface area contributed by atoms with Gasteiger partial charge in [0.05, 0.1) is 11.6 Å². The van der Waals surface area contributed by atoms with Gasteiger partial charge >= 0.3 is 0 Å². The fourth-order valence-corrected chi connectivity index (χ4v) is 4.10. The minimum absolute atomic E-state index is 0.0178. The molecule has 1 amide bonds. The van der Waals surface area contributed by atoms with Crippen molar-refractivity contribution in [2.45, 2.75) is 19.9 Å². The second-order valence-electron chi connectivity index (χ2n) is 7.08. The van der Waals surface area contributed by atoms with Crippen molar-refractivity contribution in [3.8, 4) is 0 Å². The quantitative estimate of drug-likeness (QED) is 0.368. The maximum absolute atomic E-state index is 13.3. The summed E-state index contributed by atoms with van der Waals surface area (Å²) in [6.07, 6.45) is 0. The van der Waals surface area contributed by atoms with Gasteiger partial charge < -0.3 is 14.9 Å². The highest BCUT2D eigenvalue weighted by atomic mass is 79.9. The number of likely N-dealkylation sites (tertiary alicyclic amines) is 1. The molecule has 0 aliphatic carbocycles. The predicted octanol–water partition coefficient (Wildman–Crippen LogP) is 4.35. The van der Waals surface area contributed by atoms with Crippen molar-refractivity contribution in [3.63, 3.8) is 0 Å². The lowest BCUT2D eigenvalue weighted by atomic mass is 9.95. The molecule has 1 heterocycles. The molecule has 2 aromatic carbocycles. The number of likely N-dealkylation sites (N-methyl/N-ethyl adjacent to an activating group) is 1. The number of aliphatic hydroxyl groups is 1. The van der Waals surface area contributed by atoms with Crippen LogP contribution in [0.2, 0.25) is 0 Å². The van der Waals surface area contributed by atoms with Crippen molar-refractivity contribution in [2.75, 3.05) is 26.2 Å². The van der Waals surface area contributed by atoms with Gasteiger partial charge in [0.15, 0.2) is 0 Å². The van der Waals surface area contributed by atoms with Crippen LogP contribution in [-0.2, 0) is 9.59 Å². The molecule has 158 valence electrons. The number of halogens is 2. The van der Waals surface area contributed by atoms with E-state index in [1.54, 1.807) is 0 Å². The van der Waals surface area contributed by atoms with Crippen LogP contribution in [0.4, 0.5) is 4.39 Å². The number of hydrogen-bond acceptors (Lipinski definition) is 4. The molecule has 0 bridgehead atoms. The number of carbonyl (C=O) groups is 2. The highest BCUT2D eigenvalue weighted by molar-refractivity contribution is 9.10. The Hall–Kier alpha value is -2.51. The topological polar surface area (TPSA) is 60.9 Å². The van der Waals surface area contributed by atoms with Crippen LogP contribution in [0.3, 0.4) is 0 Å². The van der Waals surface area contributed by atoms with E-state index in [9.17, 15) is 19.1 Å². The van der Waals surface area contributed by atoms with E-state index in [-0.39, 0.29) is 16.9 Å². The minimum Gasteiger partial charge on any atom is -0.507 e. The Morgan fingerprint density at radius 2 is 1.80 bits per heavy atom. The molecule has 1 atom stereocenters. The van der Waals surface area contributed by atoms with Crippen molar-refractivity contribution in [2.24, 2.45) is 0 Å². The number of rotatable bonds is 7. The summed E-state index contributed by atoms with van der Waals surface area (Å²) < 4.78 is 14.1. The highest BCUT2D eigenvalue weighted by Gasteiger charge is 2.46. The maximum atomic E-state index is 13.3. The third-order valence-corrected chi connectivity index (χ3v) is 5.87. The molecule has 0 spiro atoms. The molecule has 3 rings (SSSR count). The summed E-state index contributed by atoms with van der Waals surface area (Å²) in [5.41, 5.74) is 1.02. The van der Waals surface area contributed by atoms with E-state index in [0.717, 1.165) is 17.6 Å². The Kier molecular flexibility index (Phi) is 7.05. The van der Waals surface area contributed by atoms with Crippen LogP contribution in [0.1, 0.15) is 31.0 Å². The minimum atomic E-state index is -0.735. The van der Waals surface area contributed by atoms with Crippen molar-refractivity contribution in [1.82, 2.24) is 9.80 Å². The molecule has 0 saturated carbocycles. The molecule has 1 aliphatic heterocycles. The molecular formula is C23H24BrFN2O3. The molecule has 1 fully saturated rings. The van der Waals surface area contributed by atoms with E-state index in [1.165, 1.54) is 29.2 Å².